The minimum Gasteiger partial charge on any atom is -0.507 e. The van der Waals surface area contributed by atoms with Crippen LogP contribution in [0.2, 0.25) is 0 Å². The van der Waals surface area contributed by atoms with Crippen LogP contribution in [0.25, 0.3) is 16.3 Å². The molecule has 0 saturated carbocycles. The number of aromatic hydroxyl groups is 1. The third-order valence-corrected chi connectivity index (χ3v) is 7.17. The number of phenols is 1. The summed E-state index contributed by atoms with van der Waals surface area (Å²) >= 11 is 1.53. The number of benzene rings is 1. The van der Waals surface area contributed by atoms with Gasteiger partial charge in [0.25, 0.3) is 0 Å². The molecule has 8 heteroatoms. The second-order valence-corrected chi connectivity index (χ2v) is 9.16. The Kier molecular flexibility index (Phi) is 4.13. The predicted octanol–water partition coefficient (Wildman–Crippen LogP) is 3.21. The molecule has 7 nitrogen and oxygen atoms in total. The summed E-state index contributed by atoms with van der Waals surface area (Å²) in [5.41, 5.74) is 1.81. The number of nitrogens with one attached hydrogen (secondary N) is 1. The Morgan fingerprint density at radius 3 is 3.00 bits per heavy atom. The van der Waals surface area contributed by atoms with Crippen molar-refractivity contribution in [2.45, 2.75) is 50.2 Å². The molecule has 3 atom stereocenters. The summed E-state index contributed by atoms with van der Waals surface area (Å²) in [5.74, 6) is 0.198. The van der Waals surface area contributed by atoms with Gasteiger partial charge in [-0.1, -0.05) is 11.3 Å². The topological polar surface area (TPSA) is 79.1 Å². The third kappa shape index (κ3) is 3.06. The van der Waals surface area contributed by atoms with Gasteiger partial charge in [-0.3, -0.25) is 0 Å². The highest BCUT2D eigenvalue weighted by molar-refractivity contribution is 7.18. The van der Waals surface area contributed by atoms with Gasteiger partial charge in [0.15, 0.2) is 5.01 Å². The fourth-order valence-corrected chi connectivity index (χ4v) is 5.50. The van der Waals surface area contributed by atoms with Crippen LogP contribution in [0, 0.1) is 0 Å². The molecule has 2 saturated heterocycles. The summed E-state index contributed by atoms with van der Waals surface area (Å²) < 4.78 is 1.86. The molecule has 0 aliphatic carbocycles. The maximum absolute atomic E-state index is 10.5. The van der Waals surface area contributed by atoms with Crippen molar-refractivity contribution in [3.63, 3.8) is 0 Å². The van der Waals surface area contributed by atoms with Crippen LogP contribution in [-0.4, -0.2) is 49.5 Å². The maximum Gasteiger partial charge on any atom is 0.208 e. The fourth-order valence-electron chi connectivity index (χ4n) is 4.59. The molecular weight excluding hydrogens is 372 g/mol. The number of nitrogens with zero attached hydrogens (tertiary/aromatic N) is 5. The Bertz CT molecular complexity index is 987. The number of hydrogen-bond acceptors (Lipinski definition) is 7. The highest BCUT2D eigenvalue weighted by Gasteiger charge is 2.43. The molecule has 1 aromatic carbocycles. The average Bonchev–Trinajstić information content (AvgIpc) is 3.41. The second kappa shape index (κ2) is 6.56. The van der Waals surface area contributed by atoms with E-state index in [1.807, 2.05) is 22.9 Å². The summed E-state index contributed by atoms with van der Waals surface area (Å²) in [5, 5.41) is 24.7. The Hall–Kier alpha value is -2.45. The largest absolute Gasteiger partial charge is 0.507 e. The van der Waals surface area contributed by atoms with E-state index in [2.05, 4.69) is 39.4 Å². The first-order chi connectivity index (χ1) is 13.5. The van der Waals surface area contributed by atoms with Gasteiger partial charge in [0.1, 0.15) is 5.75 Å². The van der Waals surface area contributed by atoms with Crippen molar-refractivity contribution in [3.05, 3.63) is 36.9 Å². The Morgan fingerprint density at radius 2 is 2.25 bits per heavy atom. The Balaban J connectivity index is 1.37. The van der Waals surface area contributed by atoms with Crippen molar-refractivity contribution in [2.24, 2.45) is 0 Å². The van der Waals surface area contributed by atoms with Gasteiger partial charge in [0.2, 0.25) is 5.13 Å². The summed E-state index contributed by atoms with van der Waals surface area (Å²) in [6, 6.07) is 6.65. The molecule has 1 unspecified atom stereocenters. The lowest BCUT2D eigenvalue weighted by Gasteiger charge is -2.40. The number of aromatic nitrogens is 4. The summed E-state index contributed by atoms with van der Waals surface area (Å²) in [6.45, 7) is 2.33. The van der Waals surface area contributed by atoms with Crippen molar-refractivity contribution < 1.29 is 5.11 Å². The van der Waals surface area contributed by atoms with Crippen LogP contribution >= 0.6 is 11.3 Å². The van der Waals surface area contributed by atoms with E-state index < -0.39 is 0 Å². The smallest absolute Gasteiger partial charge is 0.208 e. The van der Waals surface area contributed by atoms with Gasteiger partial charge >= 0.3 is 0 Å². The van der Waals surface area contributed by atoms with Crippen LogP contribution in [0.4, 0.5) is 5.13 Å². The number of piperidine rings is 1. The molecule has 2 fully saturated rings. The number of imidazole rings is 1. The molecular formula is C20H24N6OS. The van der Waals surface area contributed by atoms with Crippen molar-refractivity contribution in [2.75, 3.05) is 11.9 Å². The average molecular weight is 397 g/mol. The standard InChI is InChI=1S/C20H24N6OS/c1-20-6-5-13(22-20)9-15(11-20)25(2)19-24-23-18(28-19)16-4-3-14(10-17(16)27)26-8-7-21-12-26/h3-4,7-8,10,12-13,15,22,27H,5-6,9,11H2,1-2H3/t13?,15-,20+/m1/s1. The first-order valence-electron chi connectivity index (χ1n) is 9.66. The SMILES string of the molecule is CN(c1nnc(-c2ccc(-n3ccnc3)cc2O)s1)[C@@H]1CC2CC[C@@](C)(C1)N2. The highest BCUT2D eigenvalue weighted by Crippen LogP contribution is 2.40. The second-order valence-electron chi connectivity index (χ2n) is 8.21. The molecule has 0 radical (unpaired) electrons. The third-order valence-electron chi connectivity index (χ3n) is 6.12. The van der Waals surface area contributed by atoms with Crippen LogP contribution in [0.5, 0.6) is 5.75 Å². The van der Waals surface area contributed by atoms with E-state index >= 15 is 0 Å². The lowest BCUT2D eigenvalue weighted by atomic mass is 9.89. The lowest BCUT2D eigenvalue weighted by Crippen LogP contribution is -2.53. The molecule has 28 heavy (non-hydrogen) atoms. The molecule has 2 aromatic heterocycles. The number of hydrogen-bond donors (Lipinski definition) is 2. The zero-order chi connectivity index (χ0) is 19.3. The van der Waals surface area contributed by atoms with Crippen molar-refractivity contribution >= 4 is 16.5 Å². The maximum atomic E-state index is 10.5. The zero-order valence-electron chi connectivity index (χ0n) is 16.0. The van der Waals surface area contributed by atoms with Crippen molar-refractivity contribution in [1.82, 2.24) is 25.1 Å². The molecule has 0 spiro atoms. The van der Waals surface area contributed by atoms with E-state index in [1.54, 1.807) is 18.6 Å². The van der Waals surface area contributed by atoms with E-state index in [4.69, 9.17) is 0 Å². The van der Waals surface area contributed by atoms with Gasteiger partial charge in [-0.2, -0.15) is 0 Å². The Labute approximate surface area is 168 Å². The van der Waals surface area contributed by atoms with Gasteiger partial charge in [0.05, 0.1) is 17.6 Å². The summed E-state index contributed by atoms with van der Waals surface area (Å²) in [7, 11) is 2.12. The van der Waals surface area contributed by atoms with Gasteiger partial charge in [-0.15, -0.1) is 10.2 Å². The van der Waals surface area contributed by atoms with Crippen LogP contribution in [0.1, 0.15) is 32.6 Å². The van der Waals surface area contributed by atoms with Gasteiger partial charge in [-0.25, -0.2) is 4.98 Å². The molecule has 146 valence electrons. The molecule has 0 amide bonds. The van der Waals surface area contributed by atoms with Gasteiger partial charge < -0.3 is 19.9 Å². The zero-order valence-corrected chi connectivity index (χ0v) is 16.9. The minimum absolute atomic E-state index is 0.198. The highest BCUT2D eigenvalue weighted by atomic mass is 32.1. The quantitative estimate of drug-likeness (QED) is 0.705. The molecule has 3 aromatic rings. The number of rotatable bonds is 4. The monoisotopic (exact) mass is 396 g/mol. The van der Waals surface area contributed by atoms with Gasteiger partial charge in [0, 0.05) is 43.1 Å². The van der Waals surface area contributed by atoms with Crippen LogP contribution < -0.4 is 10.2 Å². The molecule has 2 bridgehead atoms. The van der Waals surface area contributed by atoms with Crippen LogP contribution in [-0.2, 0) is 0 Å². The van der Waals surface area contributed by atoms with E-state index in [1.165, 1.54) is 24.2 Å². The van der Waals surface area contributed by atoms with E-state index in [0.717, 1.165) is 28.7 Å². The van der Waals surface area contributed by atoms with Gasteiger partial charge in [-0.05, 0) is 44.7 Å². The normalized spacial score (nSPS) is 26.5. The Morgan fingerprint density at radius 1 is 1.36 bits per heavy atom. The number of anilines is 1. The van der Waals surface area contributed by atoms with Crippen molar-refractivity contribution in [1.29, 1.82) is 0 Å². The minimum atomic E-state index is 0.198. The van der Waals surface area contributed by atoms with E-state index in [9.17, 15) is 5.11 Å². The van der Waals surface area contributed by atoms with Crippen LogP contribution in [0.3, 0.4) is 0 Å². The molecule has 2 aliphatic heterocycles. The number of phenolic OH excluding ortho intramolecular Hbond substituents is 1. The number of fused-ring (bicyclic) bond motifs is 2. The summed E-state index contributed by atoms with van der Waals surface area (Å²) in [4.78, 5) is 6.32. The van der Waals surface area contributed by atoms with E-state index in [0.29, 0.717) is 17.6 Å². The molecule has 2 aliphatic rings. The van der Waals surface area contributed by atoms with E-state index in [-0.39, 0.29) is 11.3 Å². The molecule has 2 N–H and O–H groups in total. The molecule has 4 heterocycles. The van der Waals surface area contributed by atoms with Crippen LogP contribution in [0.15, 0.2) is 36.9 Å². The fraction of sp³-hybridized carbons (Fsp3) is 0.450. The summed E-state index contributed by atoms with van der Waals surface area (Å²) in [6.07, 6.45) is 10.1. The predicted molar refractivity (Wildman–Crippen MR) is 110 cm³/mol. The first kappa shape index (κ1) is 17.6. The molecule has 5 rings (SSSR count). The first-order valence-corrected chi connectivity index (χ1v) is 10.5. The lowest BCUT2D eigenvalue weighted by molar-refractivity contribution is 0.267. The van der Waals surface area contributed by atoms with Crippen molar-refractivity contribution in [3.8, 4) is 22.0 Å².